The van der Waals surface area contributed by atoms with Crippen molar-refractivity contribution in [2.75, 3.05) is 14.2 Å². The zero-order valence-electron chi connectivity index (χ0n) is 11.5. The summed E-state index contributed by atoms with van der Waals surface area (Å²) in [4.78, 5) is 0. The third-order valence-electron chi connectivity index (χ3n) is 3.05. The molecule has 1 radical (unpaired) electrons. The average molecular weight is 315 g/mol. The molecular formula is C16H18CoNO2-. The van der Waals surface area contributed by atoms with Crippen LogP contribution in [0.5, 0.6) is 5.75 Å². The summed E-state index contributed by atoms with van der Waals surface area (Å²) in [6.45, 7) is 0. The Morgan fingerprint density at radius 1 is 1.25 bits per heavy atom. The Labute approximate surface area is 130 Å². The summed E-state index contributed by atoms with van der Waals surface area (Å²) >= 11 is 0. The standard InChI is InChI=1S/C16H18NO2.Co/c1-18-14-5-3-4-12(10-14)6-7-13-8-9-15(19-2)11-16(13)17;/h4-11,13,16H,17H2,1-2H3;/q-1;/b7-6-;. The van der Waals surface area contributed by atoms with Gasteiger partial charge in [0.05, 0.1) is 14.2 Å². The summed E-state index contributed by atoms with van der Waals surface area (Å²) in [6, 6.07) is 8.65. The van der Waals surface area contributed by atoms with Crippen molar-refractivity contribution in [1.29, 1.82) is 0 Å². The largest absolute Gasteiger partial charge is 0.554 e. The molecule has 109 valence electrons. The smallest absolute Gasteiger partial charge is 0.116 e. The van der Waals surface area contributed by atoms with Crippen molar-refractivity contribution in [2.45, 2.75) is 6.04 Å². The maximum absolute atomic E-state index is 6.07. The van der Waals surface area contributed by atoms with Crippen molar-refractivity contribution in [3.63, 3.8) is 0 Å². The second-order valence-corrected chi connectivity index (χ2v) is 4.35. The van der Waals surface area contributed by atoms with Crippen LogP contribution in [0.15, 0.2) is 48.3 Å². The Hall–Kier alpha value is -1.49. The van der Waals surface area contributed by atoms with E-state index in [2.05, 4.69) is 12.1 Å². The van der Waals surface area contributed by atoms with Gasteiger partial charge in [0, 0.05) is 34.5 Å². The van der Waals surface area contributed by atoms with Crippen LogP contribution in [-0.2, 0) is 21.5 Å². The van der Waals surface area contributed by atoms with Crippen molar-refractivity contribution >= 4 is 6.08 Å². The first-order valence-electron chi connectivity index (χ1n) is 6.16. The molecule has 0 bridgehead atoms. The number of hydrogen-bond donors (Lipinski definition) is 1. The Bertz CT molecular complexity index is 523. The molecule has 1 aliphatic carbocycles. The van der Waals surface area contributed by atoms with Gasteiger partial charge in [-0.3, -0.25) is 0 Å². The first-order chi connectivity index (χ1) is 9.22. The molecule has 0 aromatic heterocycles. The normalized spacial score (nSPS) is 21.2. The van der Waals surface area contributed by atoms with Crippen molar-refractivity contribution < 1.29 is 26.3 Å². The number of rotatable bonds is 4. The Balaban J connectivity index is 0.00000200. The van der Waals surface area contributed by atoms with Crippen molar-refractivity contribution in [2.24, 2.45) is 11.7 Å². The topological polar surface area (TPSA) is 44.5 Å². The second-order valence-electron chi connectivity index (χ2n) is 4.35. The second kappa shape index (κ2) is 7.94. The Morgan fingerprint density at radius 3 is 2.70 bits per heavy atom. The van der Waals surface area contributed by atoms with E-state index in [-0.39, 0.29) is 28.7 Å². The predicted octanol–water partition coefficient (Wildman–Crippen LogP) is 2.55. The van der Waals surface area contributed by atoms with E-state index in [9.17, 15) is 0 Å². The van der Waals surface area contributed by atoms with Gasteiger partial charge < -0.3 is 15.2 Å². The van der Waals surface area contributed by atoms with E-state index in [4.69, 9.17) is 15.2 Å². The molecule has 2 unspecified atom stereocenters. The van der Waals surface area contributed by atoms with Crippen molar-refractivity contribution in [3.05, 3.63) is 59.9 Å². The van der Waals surface area contributed by atoms with Gasteiger partial charge in [-0.2, -0.15) is 12.1 Å². The molecule has 0 spiro atoms. The van der Waals surface area contributed by atoms with Crippen molar-refractivity contribution in [1.82, 2.24) is 0 Å². The number of hydrogen-bond acceptors (Lipinski definition) is 3. The van der Waals surface area contributed by atoms with Crippen LogP contribution in [0.2, 0.25) is 0 Å². The van der Waals surface area contributed by atoms with E-state index in [1.165, 1.54) is 0 Å². The monoisotopic (exact) mass is 315 g/mol. The average Bonchev–Trinajstić information content (AvgIpc) is 2.46. The number of ether oxygens (including phenoxy) is 2. The van der Waals surface area contributed by atoms with E-state index < -0.39 is 0 Å². The molecular weight excluding hydrogens is 297 g/mol. The number of methoxy groups -OCH3 is 2. The number of nitrogens with two attached hydrogens (primary N) is 1. The van der Waals surface area contributed by atoms with Gasteiger partial charge in [0.15, 0.2) is 0 Å². The third-order valence-corrected chi connectivity index (χ3v) is 3.05. The van der Waals surface area contributed by atoms with E-state index in [0.717, 1.165) is 17.1 Å². The van der Waals surface area contributed by atoms with Crippen LogP contribution in [0.4, 0.5) is 0 Å². The molecule has 2 N–H and O–H groups in total. The SMILES string of the molecule is COC1=CC(N)C(/C=C\c2c[c-]cc(OC)c2)C=C1.[Co]. The summed E-state index contributed by atoms with van der Waals surface area (Å²) < 4.78 is 10.3. The minimum atomic E-state index is -0.0641. The van der Waals surface area contributed by atoms with Gasteiger partial charge in [-0.05, 0) is 12.2 Å². The van der Waals surface area contributed by atoms with Crippen LogP contribution < -0.4 is 10.5 Å². The molecule has 1 aliphatic rings. The molecule has 0 amide bonds. The van der Waals surface area contributed by atoms with Crippen LogP contribution >= 0.6 is 0 Å². The molecule has 4 heteroatoms. The maximum atomic E-state index is 6.07. The summed E-state index contributed by atoms with van der Waals surface area (Å²) in [7, 11) is 3.29. The number of benzene rings is 1. The molecule has 2 rings (SSSR count). The van der Waals surface area contributed by atoms with Gasteiger partial charge in [-0.15, -0.1) is 23.8 Å². The fourth-order valence-electron chi connectivity index (χ4n) is 1.92. The van der Waals surface area contributed by atoms with Gasteiger partial charge in [0.2, 0.25) is 0 Å². The van der Waals surface area contributed by atoms with E-state index in [1.54, 1.807) is 20.3 Å². The minimum Gasteiger partial charge on any atom is -0.554 e. The quantitative estimate of drug-likeness (QED) is 0.869. The molecule has 1 aromatic carbocycles. The van der Waals surface area contributed by atoms with E-state index in [1.807, 2.05) is 36.4 Å². The Morgan fingerprint density at radius 2 is 2.05 bits per heavy atom. The van der Waals surface area contributed by atoms with Gasteiger partial charge in [0.1, 0.15) is 5.76 Å². The zero-order valence-corrected chi connectivity index (χ0v) is 12.5. The van der Waals surface area contributed by atoms with E-state index in [0.29, 0.717) is 0 Å². The summed E-state index contributed by atoms with van der Waals surface area (Å²) in [5.74, 6) is 1.78. The summed E-state index contributed by atoms with van der Waals surface area (Å²) in [5.41, 5.74) is 7.12. The first kappa shape index (κ1) is 16.6. The molecule has 0 heterocycles. The molecule has 0 saturated carbocycles. The van der Waals surface area contributed by atoms with Crippen molar-refractivity contribution in [3.8, 4) is 5.75 Å². The third kappa shape index (κ3) is 4.26. The Kier molecular flexibility index (Phi) is 6.58. The summed E-state index contributed by atoms with van der Waals surface area (Å²) in [6.07, 6.45) is 10.0. The van der Waals surface area contributed by atoms with Gasteiger partial charge in [-0.1, -0.05) is 12.2 Å². The molecule has 3 nitrogen and oxygen atoms in total. The fourth-order valence-corrected chi connectivity index (χ4v) is 1.92. The predicted molar refractivity (Wildman–Crippen MR) is 76.6 cm³/mol. The number of allylic oxidation sites excluding steroid dienone is 1. The molecule has 1 aromatic rings. The molecule has 0 fully saturated rings. The fraction of sp³-hybridized carbons (Fsp3) is 0.250. The maximum Gasteiger partial charge on any atom is 0.116 e. The van der Waals surface area contributed by atoms with Gasteiger partial charge in [0.25, 0.3) is 0 Å². The molecule has 2 atom stereocenters. The van der Waals surface area contributed by atoms with Gasteiger partial charge >= 0.3 is 0 Å². The summed E-state index contributed by atoms with van der Waals surface area (Å²) in [5, 5.41) is 0. The van der Waals surface area contributed by atoms with Crippen LogP contribution in [-0.4, -0.2) is 20.3 Å². The van der Waals surface area contributed by atoms with Crippen LogP contribution in [0.1, 0.15) is 5.56 Å². The molecule has 0 saturated heterocycles. The van der Waals surface area contributed by atoms with Crippen LogP contribution in [0.3, 0.4) is 0 Å². The van der Waals surface area contributed by atoms with Crippen LogP contribution in [0, 0.1) is 12.0 Å². The first-order valence-corrected chi connectivity index (χ1v) is 6.16. The van der Waals surface area contributed by atoms with Crippen LogP contribution in [0.25, 0.3) is 6.08 Å². The van der Waals surface area contributed by atoms with Gasteiger partial charge in [-0.25, -0.2) is 0 Å². The molecule has 0 aliphatic heterocycles. The van der Waals surface area contributed by atoms with E-state index >= 15 is 0 Å². The minimum absolute atomic E-state index is 0. The zero-order chi connectivity index (χ0) is 13.7. The molecule has 20 heavy (non-hydrogen) atoms.